The third-order valence-corrected chi connectivity index (χ3v) is 2.68. The molecule has 0 aliphatic rings. The van der Waals surface area contributed by atoms with E-state index in [-0.39, 0.29) is 5.91 Å². The maximum atomic E-state index is 11.8. The van der Waals surface area contributed by atoms with Gasteiger partial charge in [-0.1, -0.05) is 17.7 Å². The quantitative estimate of drug-likeness (QED) is 0.925. The van der Waals surface area contributed by atoms with Crippen LogP contribution < -0.4 is 5.32 Å². The van der Waals surface area contributed by atoms with Crippen LogP contribution in [0.1, 0.15) is 15.9 Å². The molecule has 0 saturated heterocycles. The molecule has 1 N–H and O–H groups in total. The van der Waals surface area contributed by atoms with E-state index >= 15 is 0 Å². The maximum Gasteiger partial charge on any atom is 0.251 e. The second kappa shape index (κ2) is 6.03. The lowest BCUT2D eigenvalue weighted by atomic mass is 10.1. The van der Waals surface area contributed by atoms with Gasteiger partial charge in [0.1, 0.15) is 0 Å². The number of hydrogen-bond acceptors (Lipinski definition) is 3. The first-order chi connectivity index (χ1) is 9.19. The maximum absolute atomic E-state index is 11.8. The molecule has 1 heterocycles. The molecule has 0 spiro atoms. The molecule has 5 nitrogen and oxygen atoms in total. The summed E-state index contributed by atoms with van der Waals surface area (Å²) in [4.78, 5) is 11.8. The van der Waals surface area contributed by atoms with Crippen molar-refractivity contribution < 1.29 is 4.79 Å². The van der Waals surface area contributed by atoms with Crippen LogP contribution in [0.25, 0.3) is 0 Å². The van der Waals surface area contributed by atoms with Crippen LogP contribution in [0.15, 0.2) is 36.7 Å². The van der Waals surface area contributed by atoms with Crippen molar-refractivity contribution in [1.29, 1.82) is 5.26 Å². The highest BCUT2D eigenvalue weighted by molar-refractivity contribution is 6.30. The number of hydrogen-bond donors (Lipinski definition) is 1. The molecule has 1 amide bonds. The van der Waals surface area contributed by atoms with E-state index in [2.05, 4.69) is 10.4 Å². The van der Waals surface area contributed by atoms with Gasteiger partial charge in [0.2, 0.25) is 0 Å². The Hall–Kier alpha value is -2.32. The molecule has 1 aromatic carbocycles. The fourth-order valence-electron chi connectivity index (χ4n) is 1.58. The van der Waals surface area contributed by atoms with E-state index < -0.39 is 0 Å². The number of rotatable bonds is 4. The SMILES string of the molecule is N#Cc1cccc(C(=O)NCCn2cc(Cl)cn2)c1. The number of nitrogens with one attached hydrogen (secondary N) is 1. The molecule has 2 aromatic rings. The number of nitrogens with zero attached hydrogens (tertiary/aromatic N) is 3. The molecule has 96 valence electrons. The van der Waals surface area contributed by atoms with E-state index in [1.165, 1.54) is 0 Å². The van der Waals surface area contributed by atoms with Gasteiger partial charge in [-0.05, 0) is 18.2 Å². The standard InChI is InChI=1S/C13H11ClN4O/c14-12-8-17-18(9-12)5-4-16-13(19)11-3-1-2-10(6-11)7-15/h1-3,6,8-9H,4-5H2,(H,16,19). The molecule has 2 rings (SSSR count). The molecule has 19 heavy (non-hydrogen) atoms. The second-order valence-corrected chi connectivity index (χ2v) is 4.31. The third-order valence-electron chi connectivity index (χ3n) is 2.48. The summed E-state index contributed by atoms with van der Waals surface area (Å²) in [6.45, 7) is 0.976. The fraction of sp³-hybridized carbons (Fsp3) is 0.154. The molecule has 0 saturated carbocycles. The first-order valence-electron chi connectivity index (χ1n) is 5.65. The Labute approximate surface area is 115 Å². The Kier molecular flexibility index (Phi) is 4.16. The van der Waals surface area contributed by atoms with Gasteiger partial charge < -0.3 is 5.32 Å². The van der Waals surface area contributed by atoms with Crippen LogP contribution in [-0.4, -0.2) is 22.2 Å². The van der Waals surface area contributed by atoms with Crippen LogP contribution in [0.4, 0.5) is 0 Å². The molecule has 0 bridgehead atoms. The van der Waals surface area contributed by atoms with Crippen LogP contribution >= 0.6 is 11.6 Å². The van der Waals surface area contributed by atoms with Gasteiger partial charge in [-0.3, -0.25) is 9.48 Å². The minimum absolute atomic E-state index is 0.213. The third kappa shape index (κ3) is 3.57. The first-order valence-corrected chi connectivity index (χ1v) is 6.03. The zero-order valence-electron chi connectivity index (χ0n) is 10.0. The molecule has 0 unspecified atom stereocenters. The monoisotopic (exact) mass is 274 g/mol. The average molecular weight is 275 g/mol. The summed E-state index contributed by atoms with van der Waals surface area (Å²) < 4.78 is 1.65. The highest BCUT2D eigenvalue weighted by atomic mass is 35.5. The van der Waals surface area contributed by atoms with Crippen molar-refractivity contribution in [1.82, 2.24) is 15.1 Å². The van der Waals surface area contributed by atoms with E-state index in [0.29, 0.717) is 29.2 Å². The molecule has 0 radical (unpaired) electrons. The van der Waals surface area contributed by atoms with E-state index in [4.69, 9.17) is 16.9 Å². The number of halogens is 1. The zero-order valence-corrected chi connectivity index (χ0v) is 10.8. The molecule has 6 heteroatoms. The lowest BCUT2D eigenvalue weighted by Crippen LogP contribution is -2.27. The fourth-order valence-corrected chi connectivity index (χ4v) is 1.73. The number of nitriles is 1. The van der Waals surface area contributed by atoms with Gasteiger partial charge >= 0.3 is 0 Å². The molecular formula is C13H11ClN4O. The zero-order chi connectivity index (χ0) is 13.7. The van der Waals surface area contributed by atoms with Crippen LogP contribution in [0.5, 0.6) is 0 Å². The van der Waals surface area contributed by atoms with Crippen LogP contribution in [-0.2, 0) is 6.54 Å². The van der Waals surface area contributed by atoms with E-state index in [9.17, 15) is 4.79 Å². The number of amides is 1. The van der Waals surface area contributed by atoms with Crippen LogP contribution in [0, 0.1) is 11.3 Å². The van der Waals surface area contributed by atoms with Crippen LogP contribution in [0.3, 0.4) is 0 Å². The van der Waals surface area contributed by atoms with E-state index in [0.717, 1.165) is 0 Å². The van der Waals surface area contributed by atoms with Crippen LogP contribution in [0.2, 0.25) is 5.02 Å². The second-order valence-electron chi connectivity index (χ2n) is 3.87. The molecule has 0 aliphatic carbocycles. The highest BCUT2D eigenvalue weighted by Crippen LogP contribution is 2.05. The molecule has 1 aromatic heterocycles. The van der Waals surface area contributed by atoms with Crippen molar-refractivity contribution >= 4 is 17.5 Å². The van der Waals surface area contributed by atoms with Crippen molar-refractivity contribution in [3.8, 4) is 6.07 Å². The highest BCUT2D eigenvalue weighted by Gasteiger charge is 2.05. The lowest BCUT2D eigenvalue weighted by molar-refractivity contribution is 0.0952. The summed E-state index contributed by atoms with van der Waals surface area (Å²) >= 11 is 5.73. The number of benzene rings is 1. The summed E-state index contributed by atoms with van der Waals surface area (Å²) in [6.07, 6.45) is 3.23. The van der Waals surface area contributed by atoms with Gasteiger partial charge in [0.15, 0.2) is 0 Å². The summed E-state index contributed by atoms with van der Waals surface area (Å²) in [7, 11) is 0. The summed E-state index contributed by atoms with van der Waals surface area (Å²) in [6, 6.07) is 8.56. The van der Waals surface area contributed by atoms with Gasteiger partial charge in [0.05, 0.1) is 29.4 Å². The predicted molar refractivity (Wildman–Crippen MR) is 70.7 cm³/mol. The summed E-state index contributed by atoms with van der Waals surface area (Å²) in [5.74, 6) is -0.213. The molecular weight excluding hydrogens is 264 g/mol. The molecule has 0 atom stereocenters. The Morgan fingerprint density at radius 2 is 2.37 bits per heavy atom. The number of aromatic nitrogens is 2. The van der Waals surface area contributed by atoms with E-state index in [1.54, 1.807) is 41.3 Å². The van der Waals surface area contributed by atoms with Crippen molar-refractivity contribution in [2.75, 3.05) is 6.54 Å². The minimum Gasteiger partial charge on any atom is -0.350 e. The average Bonchev–Trinajstić information content (AvgIpc) is 2.84. The van der Waals surface area contributed by atoms with Gasteiger partial charge in [-0.2, -0.15) is 10.4 Å². The van der Waals surface area contributed by atoms with Gasteiger partial charge in [-0.25, -0.2) is 0 Å². The lowest BCUT2D eigenvalue weighted by Gasteiger charge is -2.05. The minimum atomic E-state index is -0.213. The smallest absolute Gasteiger partial charge is 0.251 e. The summed E-state index contributed by atoms with van der Waals surface area (Å²) in [5.41, 5.74) is 0.934. The molecule has 0 aliphatic heterocycles. The van der Waals surface area contributed by atoms with E-state index in [1.807, 2.05) is 6.07 Å². The van der Waals surface area contributed by atoms with Gasteiger partial charge in [0.25, 0.3) is 5.91 Å². The predicted octanol–water partition coefficient (Wildman–Crippen LogP) is 1.84. The number of carbonyl (C=O) groups is 1. The first kappa shape index (κ1) is 13.1. The Balaban J connectivity index is 1.89. The van der Waals surface area contributed by atoms with Gasteiger partial charge in [0, 0.05) is 18.3 Å². The normalized spacial score (nSPS) is 9.89. The van der Waals surface area contributed by atoms with Crippen molar-refractivity contribution in [3.63, 3.8) is 0 Å². The largest absolute Gasteiger partial charge is 0.350 e. The van der Waals surface area contributed by atoms with Gasteiger partial charge in [-0.15, -0.1) is 0 Å². The Bertz CT molecular complexity index is 630. The van der Waals surface area contributed by atoms with Crippen molar-refractivity contribution in [2.24, 2.45) is 0 Å². The topological polar surface area (TPSA) is 70.7 Å². The summed E-state index contributed by atoms with van der Waals surface area (Å²) in [5, 5.41) is 16.1. The van der Waals surface area contributed by atoms with Crippen molar-refractivity contribution in [3.05, 3.63) is 52.8 Å². The van der Waals surface area contributed by atoms with Crippen molar-refractivity contribution in [2.45, 2.75) is 6.54 Å². The number of carbonyl (C=O) groups excluding carboxylic acids is 1. The Morgan fingerprint density at radius 1 is 1.53 bits per heavy atom. The Morgan fingerprint density at radius 3 is 3.05 bits per heavy atom. The molecule has 0 fully saturated rings.